The van der Waals surface area contributed by atoms with Gasteiger partial charge in [0.1, 0.15) is 11.8 Å². The number of rotatable bonds is 2. The normalized spacial score (nSPS) is 35.9. The van der Waals surface area contributed by atoms with E-state index in [9.17, 15) is 9.59 Å². The van der Waals surface area contributed by atoms with Crippen molar-refractivity contribution < 1.29 is 14.3 Å². The quantitative estimate of drug-likeness (QED) is 0.739. The predicted molar refractivity (Wildman–Crippen MR) is 103 cm³/mol. The van der Waals surface area contributed by atoms with Gasteiger partial charge in [-0.25, -0.2) is 0 Å². The van der Waals surface area contributed by atoms with Gasteiger partial charge in [0.15, 0.2) is 0 Å². The van der Waals surface area contributed by atoms with Crippen molar-refractivity contribution in [1.82, 2.24) is 14.7 Å². The Morgan fingerprint density at radius 1 is 0.963 bits per heavy atom. The molecule has 6 heteroatoms. The van der Waals surface area contributed by atoms with Crippen LogP contribution < -0.4 is 0 Å². The lowest BCUT2D eigenvalue weighted by Crippen LogP contribution is -2.60. The van der Waals surface area contributed by atoms with E-state index in [0.29, 0.717) is 12.5 Å². The summed E-state index contributed by atoms with van der Waals surface area (Å²) in [6, 6.07) is -0.424. The molecule has 152 valence electrons. The van der Waals surface area contributed by atoms with Crippen molar-refractivity contribution in [1.29, 1.82) is 0 Å². The van der Waals surface area contributed by atoms with Gasteiger partial charge in [-0.05, 0) is 45.1 Å². The SMILES string of the molecule is C[C@@H]1CCC[C@@]2(C1)OC[C@@H](C(=O)N1CCN(C)CC1)N2C(=O)C1CCCC1. The highest BCUT2D eigenvalue weighted by Gasteiger charge is 2.55. The van der Waals surface area contributed by atoms with Crippen LogP contribution in [-0.2, 0) is 14.3 Å². The molecule has 0 aromatic heterocycles. The minimum Gasteiger partial charge on any atom is -0.353 e. The van der Waals surface area contributed by atoms with Crippen molar-refractivity contribution >= 4 is 11.8 Å². The first-order chi connectivity index (χ1) is 13.0. The fourth-order valence-electron chi connectivity index (χ4n) is 5.63. The van der Waals surface area contributed by atoms with Crippen molar-refractivity contribution in [3.8, 4) is 0 Å². The van der Waals surface area contributed by atoms with Crippen LogP contribution >= 0.6 is 0 Å². The van der Waals surface area contributed by atoms with Crippen molar-refractivity contribution in [2.45, 2.75) is 70.1 Å². The molecule has 2 saturated carbocycles. The number of likely N-dealkylation sites (N-methyl/N-ethyl adjacent to an activating group) is 1. The number of hydrogen-bond donors (Lipinski definition) is 0. The maximum Gasteiger partial charge on any atom is 0.247 e. The molecule has 3 atom stereocenters. The molecule has 2 heterocycles. The Kier molecular flexibility index (Phi) is 5.48. The van der Waals surface area contributed by atoms with E-state index in [1.54, 1.807) is 0 Å². The summed E-state index contributed by atoms with van der Waals surface area (Å²) in [5.41, 5.74) is -0.537. The summed E-state index contributed by atoms with van der Waals surface area (Å²) < 4.78 is 6.34. The fraction of sp³-hybridized carbons (Fsp3) is 0.905. The van der Waals surface area contributed by atoms with Crippen LogP contribution in [0.15, 0.2) is 0 Å². The monoisotopic (exact) mass is 377 g/mol. The van der Waals surface area contributed by atoms with Gasteiger partial charge in [-0.1, -0.05) is 26.2 Å². The van der Waals surface area contributed by atoms with Gasteiger partial charge in [-0.2, -0.15) is 0 Å². The van der Waals surface area contributed by atoms with Gasteiger partial charge in [-0.15, -0.1) is 0 Å². The smallest absolute Gasteiger partial charge is 0.247 e. The molecule has 4 rings (SSSR count). The molecule has 4 fully saturated rings. The Hall–Kier alpha value is -1.14. The lowest BCUT2D eigenvalue weighted by molar-refractivity contribution is -0.168. The van der Waals surface area contributed by atoms with Crippen LogP contribution in [0.3, 0.4) is 0 Å². The van der Waals surface area contributed by atoms with Crippen LogP contribution in [0.1, 0.15) is 58.3 Å². The third-order valence-electron chi connectivity index (χ3n) is 7.23. The molecule has 2 saturated heterocycles. The molecule has 0 radical (unpaired) electrons. The lowest BCUT2D eigenvalue weighted by atomic mass is 9.82. The van der Waals surface area contributed by atoms with Crippen LogP contribution in [0.4, 0.5) is 0 Å². The first-order valence-electron chi connectivity index (χ1n) is 10.9. The zero-order valence-corrected chi connectivity index (χ0v) is 17.0. The van der Waals surface area contributed by atoms with E-state index in [1.165, 1.54) is 6.42 Å². The number of nitrogens with zero attached hydrogens (tertiary/aromatic N) is 3. The summed E-state index contributed by atoms with van der Waals surface area (Å²) in [4.78, 5) is 33.1. The van der Waals surface area contributed by atoms with Crippen LogP contribution in [0, 0.1) is 11.8 Å². The Bertz CT molecular complexity index is 569. The maximum absolute atomic E-state index is 13.5. The first kappa shape index (κ1) is 19.2. The molecule has 27 heavy (non-hydrogen) atoms. The number of hydrogen-bond acceptors (Lipinski definition) is 4. The number of carbonyl (C=O) groups is 2. The second kappa shape index (κ2) is 7.70. The van der Waals surface area contributed by atoms with Crippen LogP contribution in [0.2, 0.25) is 0 Å². The van der Waals surface area contributed by atoms with Gasteiger partial charge in [0.25, 0.3) is 0 Å². The van der Waals surface area contributed by atoms with Gasteiger partial charge in [0.2, 0.25) is 11.8 Å². The molecule has 0 aromatic rings. The Labute approximate surface area is 163 Å². The van der Waals surface area contributed by atoms with E-state index in [2.05, 4.69) is 18.9 Å². The summed E-state index contributed by atoms with van der Waals surface area (Å²) >= 11 is 0. The first-order valence-corrected chi connectivity index (χ1v) is 10.9. The van der Waals surface area contributed by atoms with Crippen LogP contribution in [0.25, 0.3) is 0 Å². The second-order valence-corrected chi connectivity index (χ2v) is 9.29. The van der Waals surface area contributed by atoms with E-state index in [-0.39, 0.29) is 17.7 Å². The zero-order chi connectivity index (χ0) is 19.0. The molecule has 0 aromatic carbocycles. The van der Waals surface area contributed by atoms with Crippen LogP contribution in [0.5, 0.6) is 0 Å². The van der Waals surface area contributed by atoms with E-state index in [0.717, 1.165) is 71.1 Å². The summed E-state index contributed by atoms with van der Waals surface area (Å²) in [5, 5.41) is 0. The van der Waals surface area contributed by atoms with Crippen molar-refractivity contribution in [3.63, 3.8) is 0 Å². The number of carbonyl (C=O) groups excluding carboxylic acids is 2. The van der Waals surface area contributed by atoms with Gasteiger partial charge >= 0.3 is 0 Å². The average molecular weight is 378 g/mol. The predicted octanol–water partition coefficient (Wildman–Crippen LogP) is 2.08. The molecule has 4 aliphatic rings. The second-order valence-electron chi connectivity index (χ2n) is 9.29. The molecular weight excluding hydrogens is 342 g/mol. The highest BCUT2D eigenvalue weighted by atomic mass is 16.5. The van der Waals surface area contributed by atoms with Gasteiger partial charge in [0, 0.05) is 32.1 Å². The summed E-state index contributed by atoms with van der Waals surface area (Å²) in [5.74, 6) is 0.912. The summed E-state index contributed by atoms with van der Waals surface area (Å²) in [6.07, 6.45) is 8.21. The lowest BCUT2D eigenvalue weighted by Gasteiger charge is -2.45. The van der Waals surface area contributed by atoms with Crippen molar-refractivity contribution in [2.75, 3.05) is 39.8 Å². The van der Waals surface area contributed by atoms with Gasteiger partial charge < -0.3 is 14.5 Å². The van der Waals surface area contributed by atoms with E-state index in [1.807, 2.05) is 9.80 Å². The highest BCUT2D eigenvalue weighted by Crippen LogP contribution is 2.44. The third kappa shape index (κ3) is 3.63. The molecule has 0 bridgehead atoms. The third-order valence-corrected chi connectivity index (χ3v) is 7.23. The Balaban J connectivity index is 1.57. The van der Waals surface area contributed by atoms with Gasteiger partial charge in [0.05, 0.1) is 6.61 Å². The molecule has 0 N–H and O–H groups in total. The standard InChI is InChI=1S/C21H35N3O3/c1-16-6-5-9-21(14-16)24(19(25)17-7-3-4-8-17)18(15-27-21)20(26)23-12-10-22(2)11-13-23/h16-18H,3-15H2,1-2H3/t16-,18+,21+/m1/s1. The average Bonchev–Trinajstić information content (AvgIpc) is 3.30. The largest absolute Gasteiger partial charge is 0.353 e. The zero-order valence-electron chi connectivity index (χ0n) is 17.0. The Morgan fingerprint density at radius 2 is 1.67 bits per heavy atom. The molecule has 1 spiro atoms. The summed E-state index contributed by atoms with van der Waals surface area (Å²) in [6.45, 7) is 5.92. The summed E-state index contributed by atoms with van der Waals surface area (Å²) in [7, 11) is 2.09. The Morgan fingerprint density at radius 3 is 2.33 bits per heavy atom. The van der Waals surface area contributed by atoms with Gasteiger partial charge in [-0.3, -0.25) is 14.5 Å². The topological polar surface area (TPSA) is 53.1 Å². The molecule has 6 nitrogen and oxygen atoms in total. The number of ether oxygens (including phenoxy) is 1. The van der Waals surface area contributed by atoms with Crippen LogP contribution in [-0.4, -0.2) is 78.1 Å². The molecule has 2 aliphatic carbocycles. The van der Waals surface area contributed by atoms with Crippen molar-refractivity contribution in [2.24, 2.45) is 11.8 Å². The number of amides is 2. The fourth-order valence-corrected chi connectivity index (χ4v) is 5.63. The molecule has 0 unspecified atom stereocenters. The minimum absolute atomic E-state index is 0.0867. The molecular formula is C21H35N3O3. The van der Waals surface area contributed by atoms with Crippen molar-refractivity contribution in [3.05, 3.63) is 0 Å². The molecule has 2 aliphatic heterocycles. The van der Waals surface area contributed by atoms with E-state index in [4.69, 9.17) is 4.74 Å². The highest BCUT2D eigenvalue weighted by molar-refractivity contribution is 5.90. The maximum atomic E-state index is 13.5. The minimum atomic E-state index is -0.537. The molecule has 2 amide bonds. The van der Waals surface area contributed by atoms with E-state index >= 15 is 0 Å². The number of piperazine rings is 1. The van der Waals surface area contributed by atoms with E-state index < -0.39 is 11.8 Å².